The van der Waals surface area contributed by atoms with Crippen LogP contribution >= 0.6 is 0 Å². The number of benzene rings is 1. The van der Waals surface area contributed by atoms with Crippen LogP contribution < -0.4 is 0 Å². The molecular weight excluding hydrogens is 250 g/mol. The highest BCUT2D eigenvalue weighted by Crippen LogP contribution is 2.15. The minimum Gasteiger partial charge on any atom is -0.339 e. The summed E-state index contributed by atoms with van der Waals surface area (Å²) in [6, 6.07) is 5.74. The first-order valence-electron chi connectivity index (χ1n) is 7.48. The van der Waals surface area contributed by atoms with Gasteiger partial charge in [0.25, 0.3) is 5.91 Å². The Balaban J connectivity index is 2.15. The van der Waals surface area contributed by atoms with E-state index >= 15 is 0 Å². The molecule has 20 heavy (non-hydrogen) atoms. The first-order chi connectivity index (χ1) is 9.76. The van der Waals surface area contributed by atoms with Crippen LogP contribution in [-0.2, 0) is 0 Å². The van der Waals surface area contributed by atoms with Crippen molar-refractivity contribution in [1.29, 1.82) is 0 Å². The number of aromatic amines is 1. The van der Waals surface area contributed by atoms with Gasteiger partial charge in [0, 0.05) is 24.0 Å². The number of aromatic nitrogens is 2. The van der Waals surface area contributed by atoms with Gasteiger partial charge in [0.1, 0.15) is 0 Å². The van der Waals surface area contributed by atoms with E-state index in [1.54, 1.807) is 6.20 Å². The number of carbonyl (C=O) groups excluding carboxylic acids is 1. The van der Waals surface area contributed by atoms with E-state index in [1.165, 1.54) is 0 Å². The lowest BCUT2D eigenvalue weighted by Crippen LogP contribution is -2.32. The monoisotopic (exact) mass is 273 g/mol. The average molecular weight is 273 g/mol. The molecule has 0 aliphatic carbocycles. The molecule has 0 saturated carbocycles. The van der Waals surface area contributed by atoms with Gasteiger partial charge < -0.3 is 4.90 Å². The molecule has 1 amide bonds. The Morgan fingerprint density at radius 3 is 2.55 bits per heavy atom. The first-order valence-corrected chi connectivity index (χ1v) is 7.48. The van der Waals surface area contributed by atoms with E-state index in [1.807, 2.05) is 23.1 Å². The van der Waals surface area contributed by atoms with E-state index in [2.05, 4.69) is 24.0 Å². The predicted molar refractivity (Wildman–Crippen MR) is 81.8 cm³/mol. The van der Waals surface area contributed by atoms with Crippen LogP contribution in [0.1, 0.15) is 49.9 Å². The van der Waals surface area contributed by atoms with Crippen molar-refractivity contribution in [2.75, 3.05) is 13.1 Å². The molecule has 0 aliphatic rings. The molecule has 0 unspecified atom stereocenters. The molecule has 108 valence electrons. The van der Waals surface area contributed by atoms with Gasteiger partial charge in [-0.15, -0.1) is 0 Å². The summed E-state index contributed by atoms with van der Waals surface area (Å²) in [5.74, 6) is 0.128. The van der Waals surface area contributed by atoms with Crippen molar-refractivity contribution in [3.63, 3.8) is 0 Å². The van der Waals surface area contributed by atoms with Crippen LogP contribution in [0.2, 0.25) is 0 Å². The van der Waals surface area contributed by atoms with Gasteiger partial charge >= 0.3 is 0 Å². The molecule has 4 heteroatoms. The van der Waals surface area contributed by atoms with Gasteiger partial charge in [-0.1, -0.05) is 32.8 Å². The van der Waals surface area contributed by atoms with Crippen LogP contribution in [0.4, 0.5) is 0 Å². The first kappa shape index (κ1) is 14.6. The highest BCUT2D eigenvalue weighted by molar-refractivity contribution is 5.97. The molecule has 0 fully saturated rings. The molecule has 0 atom stereocenters. The molecule has 0 radical (unpaired) electrons. The topological polar surface area (TPSA) is 49.0 Å². The minimum absolute atomic E-state index is 0.128. The zero-order chi connectivity index (χ0) is 14.4. The smallest absolute Gasteiger partial charge is 0.253 e. The van der Waals surface area contributed by atoms with Crippen molar-refractivity contribution in [1.82, 2.24) is 15.1 Å². The minimum atomic E-state index is 0.128. The van der Waals surface area contributed by atoms with E-state index in [0.29, 0.717) is 0 Å². The molecule has 1 aromatic heterocycles. The number of hydrogen-bond donors (Lipinski definition) is 1. The third kappa shape index (κ3) is 3.38. The average Bonchev–Trinajstić information content (AvgIpc) is 2.94. The number of amides is 1. The number of nitrogens with one attached hydrogen (secondary N) is 1. The fraction of sp³-hybridized carbons (Fsp3) is 0.500. The summed E-state index contributed by atoms with van der Waals surface area (Å²) < 4.78 is 0. The SMILES string of the molecule is CCCCN(CCCC)C(=O)c1ccc2cn[nH]c2c1. The van der Waals surface area contributed by atoms with E-state index in [4.69, 9.17) is 0 Å². The Bertz CT molecular complexity index is 554. The highest BCUT2D eigenvalue weighted by Gasteiger charge is 2.15. The van der Waals surface area contributed by atoms with Crippen molar-refractivity contribution >= 4 is 16.8 Å². The lowest BCUT2D eigenvalue weighted by molar-refractivity contribution is 0.0751. The number of unbranched alkanes of at least 4 members (excludes halogenated alkanes) is 2. The number of rotatable bonds is 7. The molecule has 1 N–H and O–H groups in total. The quantitative estimate of drug-likeness (QED) is 0.837. The molecule has 0 spiro atoms. The second kappa shape index (κ2) is 7.08. The van der Waals surface area contributed by atoms with E-state index in [-0.39, 0.29) is 5.91 Å². The van der Waals surface area contributed by atoms with Crippen molar-refractivity contribution in [3.05, 3.63) is 30.0 Å². The summed E-state index contributed by atoms with van der Waals surface area (Å²) in [7, 11) is 0. The molecule has 1 aromatic carbocycles. The van der Waals surface area contributed by atoms with Crippen LogP contribution in [0.3, 0.4) is 0 Å². The summed E-state index contributed by atoms with van der Waals surface area (Å²) in [5.41, 5.74) is 1.66. The van der Waals surface area contributed by atoms with Crippen molar-refractivity contribution in [2.45, 2.75) is 39.5 Å². The van der Waals surface area contributed by atoms with Gasteiger partial charge in [0.05, 0.1) is 11.7 Å². The number of H-pyrrole nitrogens is 1. The molecule has 0 bridgehead atoms. The predicted octanol–water partition coefficient (Wildman–Crippen LogP) is 3.61. The molecule has 0 saturated heterocycles. The summed E-state index contributed by atoms with van der Waals surface area (Å²) in [6.07, 6.45) is 6.10. The van der Waals surface area contributed by atoms with Gasteiger partial charge in [-0.25, -0.2) is 0 Å². The van der Waals surface area contributed by atoms with Gasteiger partial charge in [0.2, 0.25) is 0 Å². The maximum absolute atomic E-state index is 12.6. The fourth-order valence-electron chi connectivity index (χ4n) is 2.27. The molecule has 0 aliphatic heterocycles. The zero-order valence-electron chi connectivity index (χ0n) is 12.4. The number of fused-ring (bicyclic) bond motifs is 1. The lowest BCUT2D eigenvalue weighted by atomic mass is 10.1. The normalized spacial score (nSPS) is 10.9. The second-order valence-corrected chi connectivity index (χ2v) is 5.17. The Morgan fingerprint density at radius 2 is 1.90 bits per heavy atom. The van der Waals surface area contributed by atoms with Crippen molar-refractivity contribution in [2.24, 2.45) is 0 Å². The number of nitrogens with zero attached hydrogens (tertiary/aromatic N) is 2. The maximum atomic E-state index is 12.6. The molecular formula is C16H23N3O. The second-order valence-electron chi connectivity index (χ2n) is 5.17. The van der Waals surface area contributed by atoms with Crippen molar-refractivity contribution < 1.29 is 4.79 Å². The van der Waals surface area contributed by atoms with Crippen LogP contribution in [0.25, 0.3) is 10.9 Å². The molecule has 2 aromatic rings. The highest BCUT2D eigenvalue weighted by atomic mass is 16.2. The lowest BCUT2D eigenvalue weighted by Gasteiger charge is -2.22. The van der Waals surface area contributed by atoms with Crippen LogP contribution in [0.5, 0.6) is 0 Å². The fourth-order valence-corrected chi connectivity index (χ4v) is 2.27. The largest absolute Gasteiger partial charge is 0.339 e. The van der Waals surface area contributed by atoms with Crippen LogP contribution in [-0.4, -0.2) is 34.1 Å². The van der Waals surface area contributed by atoms with Crippen LogP contribution in [0, 0.1) is 0 Å². The third-order valence-electron chi connectivity index (χ3n) is 3.54. The summed E-state index contributed by atoms with van der Waals surface area (Å²) >= 11 is 0. The molecule has 2 rings (SSSR count). The third-order valence-corrected chi connectivity index (χ3v) is 3.54. The van der Waals surface area contributed by atoms with Gasteiger partial charge in [-0.2, -0.15) is 5.10 Å². The Morgan fingerprint density at radius 1 is 1.20 bits per heavy atom. The van der Waals surface area contributed by atoms with Gasteiger partial charge in [-0.3, -0.25) is 9.89 Å². The molecule has 4 nitrogen and oxygen atoms in total. The van der Waals surface area contributed by atoms with E-state index in [9.17, 15) is 4.79 Å². The Labute approximate surface area is 120 Å². The van der Waals surface area contributed by atoms with E-state index in [0.717, 1.165) is 55.2 Å². The zero-order valence-corrected chi connectivity index (χ0v) is 12.4. The van der Waals surface area contributed by atoms with Gasteiger partial charge in [0.15, 0.2) is 0 Å². The number of hydrogen-bond acceptors (Lipinski definition) is 2. The van der Waals surface area contributed by atoms with E-state index < -0.39 is 0 Å². The summed E-state index contributed by atoms with van der Waals surface area (Å²) in [5, 5.41) is 7.95. The maximum Gasteiger partial charge on any atom is 0.253 e. The Kier molecular flexibility index (Phi) is 5.16. The number of carbonyl (C=O) groups is 1. The molecule has 1 heterocycles. The Hall–Kier alpha value is -1.84. The van der Waals surface area contributed by atoms with Gasteiger partial charge in [-0.05, 0) is 25.0 Å². The standard InChI is InChI=1S/C16H23N3O/c1-3-5-9-19(10-6-4-2)16(20)13-7-8-14-12-17-18-15(14)11-13/h7-8,11-12H,3-6,9-10H2,1-2H3,(H,17,18). The summed E-state index contributed by atoms with van der Waals surface area (Å²) in [4.78, 5) is 14.6. The van der Waals surface area contributed by atoms with Crippen molar-refractivity contribution in [3.8, 4) is 0 Å². The summed E-state index contributed by atoms with van der Waals surface area (Å²) in [6.45, 7) is 5.99. The van der Waals surface area contributed by atoms with Crippen LogP contribution in [0.15, 0.2) is 24.4 Å².